The van der Waals surface area contributed by atoms with E-state index in [0.29, 0.717) is 66.1 Å². The second-order valence-electron chi connectivity index (χ2n) is 16.4. The molecule has 1 fully saturated rings. The van der Waals surface area contributed by atoms with Gasteiger partial charge in [-0.15, -0.1) is 16.4 Å². The van der Waals surface area contributed by atoms with Crippen molar-refractivity contribution in [2.75, 3.05) is 71.7 Å². The standard InChI is InChI=1S/C40H51N11O4S/c1-40(2,3)32-26-56-39(41-32)43-37(53)29-17-19-49-34(23-29)42-36(48-18-9-10-28(24-48)22-35(52)47(4)20-21-51(5,6)7)31(38(49)54)15-16-33-44-45-46-50(33)25-27-11-13-30(55-8)14-12-27/h11-17,19,23,26,28H,9-10,18,20-22,24-25H2,1-8H3/p+1/b16-15+. The van der Waals surface area contributed by atoms with Crippen LogP contribution in [0.5, 0.6) is 5.75 Å². The fraction of sp³-hybridized carbons (Fsp3) is 0.450. The normalized spacial score (nSPS) is 15.1. The number of methoxy groups -OCH3 is 1. The number of nitrogens with one attached hydrogen (secondary N) is 1. The number of likely N-dealkylation sites (N-methyl/N-ethyl adjacent to an activating group) is 2. The number of tetrazole rings is 1. The zero-order valence-corrected chi connectivity index (χ0v) is 34.3. The third-order valence-corrected chi connectivity index (χ3v) is 10.6. The first kappa shape index (κ1) is 40.2. The fourth-order valence-electron chi connectivity index (χ4n) is 6.42. The van der Waals surface area contributed by atoms with Gasteiger partial charge in [0.1, 0.15) is 17.2 Å². The molecule has 1 atom stereocenters. The van der Waals surface area contributed by atoms with E-state index >= 15 is 0 Å². The van der Waals surface area contributed by atoms with Gasteiger partial charge in [0.15, 0.2) is 11.0 Å². The van der Waals surface area contributed by atoms with Gasteiger partial charge in [-0.1, -0.05) is 32.9 Å². The molecule has 296 valence electrons. The van der Waals surface area contributed by atoms with Crippen LogP contribution in [-0.4, -0.2) is 117 Å². The van der Waals surface area contributed by atoms with E-state index in [-0.39, 0.29) is 28.7 Å². The number of carbonyl (C=O) groups excluding carboxylic acids is 2. The molecule has 0 aliphatic carbocycles. The lowest BCUT2D eigenvalue weighted by atomic mass is 9.93. The number of fused-ring (bicyclic) bond motifs is 1. The third-order valence-electron chi connectivity index (χ3n) is 9.86. The number of hydrogen-bond acceptors (Lipinski definition) is 11. The molecular weight excluding hydrogens is 731 g/mol. The topological polar surface area (TPSA) is 153 Å². The molecule has 5 heterocycles. The summed E-state index contributed by atoms with van der Waals surface area (Å²) >= 11 is 1.37. The molecule has 1 N–H and O–H groups in total. The van der Waals surface area contributed by atoms with Gasteiger partial charge in [-0.3, -0.25) is 24.1 Å². The van der Waals surface area contributed by atoms with Crippen molar-refractivity contribution in [1.29, 1.82) is 0 Å². The largest absolute Gasteiger partial charge is 0.497 e. The van der Waals surface area contributed by atoms with Crippen molar-refractivity contribution in [3.8, 4) is 5.75 Å². The van der Waals surface area contributed by atoms with Crippen LogP contribution in [0.1, 0.15) is 73.0 Å². The number of nitrogens with zero attached hydrogens (tertiary/aromatic N) is 10. The maximum absolute atomic E-state index is 14.4. The minimum atomic E-state index is -0.350. The van der Waals surface area contributed by atoms with Gasteiger partial charge < -0.3 is 19.0 Å². The van der Waals surface area contributed by atoms with Crippen LogP contribution in [0.25, 0.3) is 17.8 Å². The van der Waals surface area contributed by atoms with Crippen LogP contribution in [0, 0.1) is 5.92 Å². The second-order valence-corrected chi connectivity index (χ2v) is 17.3. The Balaban J connectivity index is 1.31. The average molecular weight is 783 g/mol. The van der Waals surface area contributed by atoms with E-state index in [0.717, 1.165) is 40.9 Å². The molecule has 2 amide bonds. The van der Waals surface area contributed by atoms with E-state index in [9.17, 15) is 14.4 Å². The number of piperidine rings is 1. The zero-order chi connectivity index (χ0) is 40.2. The molecule has 0 radical (unpaired) electrons. The van der Waals surface area contributed by atoms with Gasteiger partial charge in [-0.2, -0.15) is 0 Å². The van der Waals surface area contributed by atoms with Crippen LogP contribution in [-0.2, 0) is 16.8 Å². The number of pyridine rings is 1. The SMILES string of the molecule is COc1ccc(Cn2nnnc2/C=C/c2c(N3CCCC(CC(=O)N(C)CC[N+](C)(C)C)C3)nc3cc(C(=O)Nc4nc(C(C)(C)C)cs4)ccn3c2=O)cc1. The van der Waals surface area contributed by atoms with E-state index in [1.807, 2.05) is 41.6 Å². The Morgan fingerprint density at radius 1 is 1.11 bits per heavy atom. The highest BCUT2D eigenvalue weighted by Crippen LogP contribution is 2.29. The van der Waals surface area contributed by atoms with Gasteiger partial charge in [0, 0.05) is 49.1 Å². The summed E-state index contributed by atoms with van der Waals surface area (Å²) in [6.07, 6.45) is 7.11. The zero-order valence-electron chi connectivity index (χ0n) is 33.5. The summed E-state index contributed by atoms with van der Waals surface area (Å²) in [6.45, 7) is 9.35. The Morgan fingerprint density at radius 3 is 2.57 bits per heavy atom. The molecule has 15 nitrogen and oxygen atoms in total. The molecule has 1 aliphatic rings. The lowest BCUT2D eigenvalue weighted by Gasteiger charge is -2.35. The number of quaternary nitrogens is 1. The highest BCUT2D eigenvalue weighted by molar-refractivity contribution is 7.14. The average Bonchev–Trinajstić information content (AvgIpc) is 3.83. The monoisotopic (exact) mass is 782 g/mol. The van der Waals surface area contributed by atoms with Gasteiger partial charge in [-0.05, 0) is 71.2 Å². The first-order valence-corrected chi connectivity index (χ1v) is 19.7. The molecule has 5 aromatic rings. The van der Waals surface area contributed by atoms with Crippen molar-refractivity contribution in [1.82, 2.24) is 39.5 Å². The summed E-state index contributed by atoms with van der Waals surface area (Å²) in [5, 5.41) is 17.6. The first-order chi connectivity index (χ1) is 26.6. The summed E-state index contributed by atoms with van der Waals surface area (Å²) in [5.41, 5.74) is 2.42. The van der Waals surface area contributed by atoms with Crippen LogP contribution in [0.4, 0.5) is 10.9 Å². The Hall–Kier alpha value is -5.48. The molecule has 1 saturated heterocycles. The van der Waals surface area contributed by atoms with Crippen LogP contribution in [0.15, 0.2) is 52.8 Å². The van der Waals surface area contributed by atoms with E-state index in [2.05, 4.69) is 72.6 Å². The smallest absolute Gasteiger partial charge is 0.267 e. The second kappa shape index (κ2) is 16.7. The van der Waals surface area contributed by atoms with Gasteiger partial charge in [-0.25, -0.2) is 14.6 Å². The number of benzene rings is 1. The van der Waals surface area contributed by atoms with E-state index in [1.165, 1.54) is 15.7 Å². The van der Waals surface area contributed by atoms with Crippen LogP contribution in [0.2, 0.25) is 0 Å². The summed E-state index contributed by atoms with van der Waals surface area (Å²) < 4.78 is 9.15. The van der Waals surface area contributed by atoms with E-state index in [4.69, 9.17) is 9.72 Å². The Bertz CT molecular complexity index is 2260. The molecule has 56 heavy (non-hydrogen) atoms. The summed E-state index contributed by atoms with van der Waals surface area (Å²) in [5.74, 6) is 1.51. The molecule has 6 rings (SSSR count). The van der Waals surface area contributed by atoms with Crippen molar-refractivity contribution in [2.24, 2.45) is 5.92 Å². The first-order valence-electron chi connectivity index (χ1n) is 18.8. The Kier molecular flexibility index (Phi) is 12.0. The number of aromatic nitrogens is 7. The minimum absolute atomic E-state index is 0.0742. The lowest BCUT2D eigenvalue weighted by molar-refractivity contribution is -0.869. The number of carbonyl (C=O) groups is 2. The number of anilines is 2. The predicted molar refractivity (Wildman–Crippen MR) is 219 cm³/mol. The fourth-order valence-corrected chi connectivity index (χ4v) is 7.35. The minimum Gasteiger partial charge on any atom is -0.497 e. The Morgan fingerprint density at radius 2 is 1.88 bits per heavy atom. The Labute approximate surface area is 331 Å². The molecule has 4 aromatic heterocycles. The summed E-state index contributed by atoms with van der Waals surface area (Å²) in [6, 6.07) is 10.9. The van der Waals surface area contributed by atoms with Gasteiger partial charge in [0.25, 0.3) is 11.5 Å². The maximum atomic E-state index is 14.4. The van der Waals surface area contributed by atoms with E-state index < -0.39 is 0 Å². The van der Waals surface area contributed by atoms with Crippen molar-refractivity contribution in [3.63, 3.8) is 0 Å². The van der Waals surface area contributed by atoms with Crippen LogP contribution < -0.4 is 20.5 Å². The number of rotatable bonds is 13. The summed E-state index contributed by atoms with van der Waals surface area (Å²) in [7, 11) is 9.83. The molecule has 0 bridgehead atoms. The third kappa shape index (κ3) is 9.84. The number of amides is 2. The number of ether oxygens (including phenoxy) is 1. The molecule has 1 unspecified atom stereocenters. The highest BCUT2D eigenvalue weighted by Gasteiger charge is 2.28. The quantitative estimate of drug-likeness (QED) is 0.167. The number of hydrogen-bond donors (Lipinski definition) is 1. The van der Waals surface area contributed by atoms with Gasteiger partial charge >= 0.3 is 0 Å². The van der Waals surface area contributed by atoms with Crippen LogP contribution in [0.3, 0.4) is 0 Å². The molecule has 0 saturated carbocycles. The molecule has 16 heteroatoms. The number of thiazole rings is 1. The van der Waals surface area contributed by atoms with Gasteiger partial charge in [0.2, 0.25) is 5.91 Å². The predicted octanol–water partition coefficient (Wildman–Crippen LogP) is 4.69. The van der Waals surface area contributed by atoms with Crippen molar-refractivity contribution in [2.45, 2.75) is 52.0 Å². The molecular formula is C40H52N11O4S+. The van der Waals surface area contributed by atoms with Gasteiger partial charge in [0.05, 0.1) is 59.1 Å². The molecule has 0 spiro atoms. The van der Waals surface area contributed by atoms with Crippen molar-refractivity contribution < 1.29 is 18.8 Å². The molecule has 1 aliphatic heterocycles. The van der Waals surface area contributed by atoms with E-state index in [1.54, 1.807) is 42.3 Å². The van der Waals surface area contributed by atoms with Crippen molar-refractivity contribution in [3.05, 3.63) is 86.5 Å². The lowest BCUT2D eigenvalue weighted by Crippen LogP contribution is -2.44. The summed E-state index contributed by atoms with van der Waals surface area (Å²) in [4.78, 5) is 54.7. The molecule has 1 aromatic carbocycles. The van der Waals surface area contributed by atoms with Crippen molar-refractivity contribution >= 4 is 51.9 Å². The van der Waals surface area contributed by atoms with Crippen LogP contribution >= 0.6 is 11.3 Å². The maximum Gasteiger partial charge on any atom is 0.267 e. The highest BCUT2D eigenvalue weighted by atomic mass is 32.1.